The smallest absolute Gasteiger partial charge is 0.311 e. The van der Waals surface area contributed by atoms with E-state index in [0.717, 1.165) is 59.9 Å². The molecule has 2 aromatic carbocycles. The molecule has 2 aliphatic rings. The highest BCUT2D eigenvalue weighted by molar-refractivity contribution is 5.94. The minimum Gasteiger partial charge on any atom is -0.496 e. The van der Waals surface area contributed by atoms with Gasteiger partial charge in [0.2, 0.25) is 0 Å². The summed E-state index contributed by atoms with van der Waals surface area (Å²) >= 11 is 0. The monoisotopic (exact) mass is 448 g/mol. The van der Waals surface area contributed by atoms with Crippen molar-refractivity contribution in [3.05, 3.63) is 54.1 Å². The molecule has 0 spiro atoms. The average Bonchev–Trinajstić information content (AvgIpc) is 2.81. The van der Waals surface area contributed by atoms with Crippen LogP contribution >= 0.6 is 0 Å². The van der Waals surface area contributed by atoms with Crippen LogP contribution in [0.4, 0.5) is 0 Å². The van der Waals surface area contributed by atoms with Crippen molar-refractivity contribution in [2.45, 2.75) is 46.0 Å². The first-order chi connectivity index (χ1) is 15.8. The maximum atomic E-state index is 12.8. The Morgan fingerprint density at radius 1 is 1.03 bits per heavy atom. The molecule has 2 aromatic rings. The van der Waals surface area contributed by atoms with Crippen LogP contribution in [-0.2, 0) is 9.53 Å². The molecule has 176 valence electrons. The molecule has 2 aliphatic carbocycles. The van der Waals surface area contributed by atoms with Gasteiger partial charge in [0.05, 0.1) is 26.7 Å². The first kappa shape index (κ1) is 23.4. The van der Waals surface area contributed by atoms with Gasteiger partial charge in [-0.15, -0.1) is 0 Å². The molecular formula is C29H36O4. The molecular weight excluding hydrogens is 412 g/mol. The van der Waals surface area contributed by atoms with Gasteiger partial charge in [-0.05, 0) is 73.8 Å². The van der Waals surface area contributed by atoms with E-state index >= 15 is 0 Å². The quantitative estimate of drug-likeness (QED) is 0.372. The summed E-state index contributed by atoms with van der Waals surface area (Å²) in [5.74, 6) is 2.11. The maximum Gasteiger partial charge on any atom is 0.311 e. The number of carbonyl (C=O) groups is 1. The van der Waals surface area contributed by atoms with Crippen LogP contribution < -0.4 is 9.47 Å². The summed E-state index contributed by atoms with van der Waals surface area (Å²) in [6.07, 6.45) is 9.49. The summed E-state index contributed by atoms with van der Waals surface area (Å²) in [5.41, 5.74) is 1.94. The topological polar surface area (TPSA) is 44.8 Å². The van der Waals surface area contributed by atoms with Crippen LogP contribution in [0.3, 0.4) is 0 Å². The number of ether oxygens (including phenoxy) is 3. The Kier molecular flexibility index (Phi) is 6.30. The average molecular weight is 449 g/mol. The third-order valence-corrected chi connectivity index (χ3v) is 8.41. The lowest BCUT2D eigenvalue weighted by atomic mass is 9.47. The minimum absolute atomic E-state index is 0.00914. The number of rotatable bonds is 5. The van der Waals surface area contributed by atoms with E-state index in [0.29, 0.717) is 0 Å². The number of benzene rings is 2. The molecule has 0 aliphatic heterocycles. The van der Waals surface area contributed by atoms with Crippen LogP contribution in [-0.4, -0.2) is 27.3 Å². The Labute approximate surface area is 197 Å². The largest absolute Gasteiger partial charge is 0.496 e. The van der Waals surface area contributed by atoms with Gasteiger partial charge in [-0.2, -0.15) is 0 Å². The number of carbonyl (C=O) groups excluding carboxylic acids is 1. The fourth-order valence-electron chi connectivity index (χ4n) is 6.70. The molecule has 0 N–H and O–H groups in total. The summed E-state index contributed by atoms with van der Waals surface area (Å²) in [6.45, 7) is 8.92. The van der Waals surface area contributed by atoms with E-state index in [2.05, 4.69) is 50.8 Å². The summed E-state index contributed by atoms with van der Waals surface area (Å²) in [7, 11) is 4.90. The predicted octanol–water partition coefficient (Wildman–Crippen LogP) is 6.82. The van der Waals surface area contributed by atoms with E-state index in [-0.39, 0.29) is 23.2 Å². The first-order valence-electron chi connectivity index (χ1n) is 11.9. The summed E-state index contributed by atoms with van der Waals surface area (Å²) in [5, 5.41) is 2.06. The van der Waals surface area contributed by atoms with Crippen molar-refractivity contribution in [1.29, 1.82) is 0 Å². The van der Waals surface area contributed by atoms with Crippen LogP contribution in [0.1, 0.15) is 51.5 Å². The second-order valence-corrected chi connectivity index (χ2v) is 10.1. The van der Waals surface area contributed by atoms with Gasteiger partial charge in [-0.3, -0.25) is 4.79 Å². The van der Waals surface area contributed by atoms with Crippen molar-refractivity contribution >= 4 is 22.8 Å². The number of esters is 1. The fraction of sp³-hybridized carbons (Fsp3) is 0.483. The van der Waals surface area contributed by atoms with Gasteiger partial charge in [0.1, 0.15) is 11.5 Å². The highest BCUT2D eigenvalue weighted by Crippen LogP contribution is 2.61. The minimum atomic E-state index is -0.429. The standard InChI is InChI=1S/C29H36O4/c1-19-8-15-26-28(2,16-7-17-29(26,3)27(30)33-6)23(19)12-10-20-9-11-21-22(18-20)25(32-5)14-13-24(21)31-4/h9-14,18,23,26H,1,7-8,15-17H2,2-6H3/b12-10+/t23-,26+,28+,29-/m0/s1. The van der Waals surface area contributed by atoms with Crippen LogP contribution in [0.15, 0.2) is 48.6 Å². The van der Waals surface area contributed by atoms with Crippen molar-refractivity contribution in [1.82, 2.24) is 0 Å². The third kappa shape index (κ3) is 3.84. The number of fused-ring (bicyclic) bond motifs is 2. The lowest BCUT2D eigenvalue weighted by Crippen LogP contribution is -2.53. The summed E-state index contributed by atoms with van der Waals surface area (Å²) < 4.78 is 16.4. The molecule has 0 saturated heterocycles. The van der Waals surface area contributed by atoms with Gasteiger partial charge in [0.15, 0.2) is 0 Å². The van der Waals surface area contributed by atoms with E-state index in [1.807, 2.05) is 12.1 Å². The Morgan fingerprint density at radius 3 is 2.39 bits per heavy atom. The molecule has 0 unspecified atom stereocenters. The number of hydrogen-bond donors (Lipinski definition) is 0. The van der Waals surface area contributed by atoms with Crippen molar-refractivity contribution in [2.75, 3.05) is 21.3 Å². The van der Waals surface area contributed by atoms with E-state index in [9.17, 15) is 4.79 Å². The van der Waals surface area contributed by atoms with Gasteiger partial charge in [0, 0.05) is 16.7 Å². The molecule has 33 heavy (non-hydrogen) atoms. The van der Waals surface area contributed by atoms with Crippen molar-refractivity contribution in [3.8, 4) is 11.5 Å². The van der Waals surface area contributed by atoms with Crippen molar-refractivity contribution < 1.29 is 19.0 Å². The second-order valence-electron chi connectivity index (χ2n) is 10.1. The Hall–Kier alpha value is -2.75. The molecule has 0 aromatic heterocycles. The zero-order chi connectivity index (χ0) is 23.8. The SMILES string of the molecule is C=C1CC[C@@H]2[C@](C)(CCC[C@]2(C)C(=O)OC)[C@H]1/C=C/c1ccc2c(OC)ccc(OC)c2c1. The molecule has 4 heteroatoms. The summed E-state index contributed by atoms with van der Waals surface area (Å²) in [4.78, 5) is 12.8. The summed E-state index contributed by atoms with van der Waals surface area (Å²) in [6, 6.07) is 10.2. The first-order valence-corrected chi connectivity index (χ1v) is 11.9. The molecule has 2 fully saturated rings. The molecule has 4 atom stereocenters. The Morgan fingerprint density at radius 2 is 1.73 bits per heavy atom. The zero-order valence-corrected chi connectivity index (χ0v) is 20.6. The third-order valence-electron chi connectivity index (χ3n) is 8.41. The normalized spacial score (nSPS) is 29.7. The maximum absolute atomic E-state index is 12.8. The van der Waals surface area contributed by atoms with Gasteiger partial charge in [-0.1, -0.05) is 43.7 Å². The van der Waals surface area contributed by atoms with Crippen LogP contribution in [0.25, 0.3) is 16.8 Å². The van der Waals surface area contributed by atoms with E-state index in [4.69, 9.17) is 14.2 Å². The highest BCUT2D eigenvalue weighted by Gasteiger charge is 2.57. The van der Waals surface area contributed by atoms with E-state index in [1.54, 1.807) is 14.2 Å². The Balaban J connectivity index is 1.70. The van der Waals surface area contributed by atoms with Gasteiger partial charge >= 0.3 is 5.97 Å². The number of methoxy groups -OCH3 is 3. The number of allylic oxidation sites excluding steroid dienone is 2. The number of hydrogen-bond acceptors (Lipinski definition) is 4. The second kappa shape index (κ2) is 8.89. The molecule has 4 rings (SSSR count). The van der Waals surface area contributed by atoms with Crippen LogP contribution in [0.2, 0.25) is 0 Å². The lowest BCUT2D eigenvalue weighted by molar-refractivity contribution is -0.166. The zero-order valence-electron chi connectivity index (χ0n) is 20.6. The molecule has 0 radical (unpaired) electrons. The van der Waals surface area contributed by atoms with Gasteiger partial charge in [-0.25, -0.2) is 0 Å². The fourth-order valence-corrected chi connectivity index (χ4v) is 6.70. The Bertz CT molecular complexity index is 1100. The van der Waals surface area contributed by atoms with Gasteiger partial charge < -0.3 is 14.2 Å². The van der Waals surface area contributed by atoms with Crippen molar-refractivity contribution in [3.63, 3.8) is 0 Å². The highest BCUT2D eigenvalue weighted by atomic mass is 16.5. The molecule has 2 saturated carbocycles. The predicted molar refractivity (Wildman–Crippen MR) is 134 cm³/mol. The van der Waals surface area contributed by atoms with Gasteiger partial charge in [0.25, 0.3) is 0 Å². The molecule has 0 bridgehead atoms. The molecule has 0 amide bonds. The van der Waals surface area contributed by atoms with Crippen LogP contribution in [0.5, 0.6) is 11.5 Å². The van der Waals surface area contributed by atoms with Crippen molar-refractivity contribution in [2.24, 2.45) is 22.7 Å². The van der Waals surface area contributed by atoms with Crippen LogP contribution in [0, 0.1) is 22.7 Å². The lowest BCUT2D eigenvalue weighted by Gasteiger charge is -2.56. The molecule has 0 heterocycles. The van der Waals surface area contributed by atoms with E-state index < -0.39 is 5.41 Å². The molecule has 4 nitrogen and oxygen atoms in total. The van der Waals surface area contributed by atoms with E-state index in [1.165, 1.54) is 12.7 Å².